The fraction of sp³-hybridized carbons (Fsp3) is 0.789. The van der Waals surface area contributed by atoms with Crippen molar-refractivity contribution in [1.29, 1.82) is 0 Å². The Morgan fingerprint density at radius 1 is 1.00 bits per heavy atom. The number of nitrogens with one attached hydrogen (secondary N) is 2. The van der Waals surface area contributed by atoms with Crippen molar-refractivity contribution in [2.24, 2.45) is 46.3 Å². The van der Waals surface area contributed by atoms with Crippen LogP contribution in [0.1, 0.15) is 113 Å². The van der Waals surface area contributed by atoms with Gasteiger partial charge in [0.05, 0.1) is 6.04 Å². The lowest BCUT2D eigenvalue weighted by atomic mass is 9.84. The normalized spacial score (nSPS) is 24.7. The fourth-order valence-corrected chi connectivity index (χ4v) is 7.77. The van der Waals surface area contributed by atoms with E-state index < -0.39 is 53.0 Å². The molecule has 1 aliphatic heterocycles. The van der Waals surface area contributed by atoms with E-state index >= 15 is 0 Å². The topological polar surface area (TPSA) is 139 Å². The highest BCUT2D eigenvalue weighted by Crippen LogP contribution is 2.65. The summed E-state index contributed by atoms with van der Waals surface area (Å²) in [5.41, 5.74) is -0.869. The number of piperidine rings is 1. The first-order chi connectivity index (χ1) is 22.4. The van der Waals surface area contributed by atoms with Crippen LogP contribution in [-0.2, 0) is 28.7 Å². The molecule has 0 aromatic carbocycles. The first-order valence-corrected chi connectivity index (χ1v) is 18.2. The number of carbonyl (C=O) groups excluding carboxylic acids is 6. The molecule has 0 aromatic heterocycles. The van der Waals surface area contributed by atoms with Gasteiger partial charge in [-0.05, 0) is 78.9 Å². The molecule has 3 amide bonds. The number of amides is 3. The van der Waals surface area contributed by atoms with E-state index in [1.807, 2.05) is 41.5 Å². The summed E-state index contributed by atoms with van der Waals surface area (Å²) in [6, 6.07) is -3.26. The maximum atomic E-state index is 14.4. The van der Waals surface area contributed by atoms with Crippen molar-refractivity contribution in [2.45, 2.75) is 137 Å². The number of likely N-dealkylation sites (tertiary alicyclic amines) is 1. The van der Waals surface area contributed by atoms with Crippen molar-refractivity contribution in [3.05, 3.63) is 12.7 Å². The van der Waals surface area contributed by atoms with Crippen LogP contribution in [-0.4, -0.2) is 70.9 Å². The number of ether oxygens (including phenoxy) is 1. The van der Waals surface area contributed by atoms with Gasteiger partial charge in [0.15, 0.2) is 11.6 Å². The highest BCUT2D eigenvalue weighted by molar-refractivity contribution is 6.38. The first kappa shape index (κ1) is 37.8. The lowest BCUT2D eigenvalue weighted by Gasteiger charge is -2.38. The summed E-state index contributed by atoms with van der Waals surface area (Å²) in [6.45, 7) is 19.3. The molecular weight excluding hydrogens is 610 g/mol. The number of esters is 1. The molecule has 1 heterocycles. The number of urea groups is 1. The van der Waals surface area contributed by atoms with Crippen LogP contribution < -0.4 is 10.6 Å². The number of ketones is 3. The molecule has 10 nitrogen and oxygen atoms in total. The number of rotatable bonds is 18. The van der Waals surface area contributed by atoms with Gasteiger partial charge < -0.3 is 20.3 Å². The summed E-state index contributed by atoms with van der Waals surface area (Å²) in [4.78, 5) is 82.5. The Kier molecular flexibility index (Phi) is 11.7. The van der Waals surface area contributed by atoms with Crippen molar-refractivity contribution < 1.29 is 33.5 Å². The van der Waals surface area contributed by atoms with Crippen LogP contribution >= 0.6 is 0 Å². The first-order valence-electron chi connectivity index (χ1n) is 18.2. The van der Waals surface area contributed by atoms with E-state index in [9.17, 15) is 28.8 Å². The van der Waals surface area contributed by atoms with E-state index in [0.717, 1.165) is 25.7 Å². The van der Waals surface area contributed by atoms with Gasteiger partial charge in [-0.15, -0.1) is 6.58 Å². The van der Waals surface area contributed by atoms with E-state index in [-0.39, 0.29) is 53.8 Å². The van der Waals surface area contributed by atoms with Crippen LogP contribution in [0, 0.1) is 46.3 Å². The van der Waals surface area contributed by atoms with Crippen molar-refractivity contribution in [3.8, 4) is 0 Å². The second kappa shape index (κ2) is 14.8. The van der Waals surface area contributed by atoms with Gasteiger partial charge in [0.25, 0.3) is 0 Å². The van der Waals surface area contributed by atoms with Crippen molar-refractivity contribution in [2.75, 3.05) is 6.54 Å². The number of allylic oxidation sites excluding steroid dienone is 1. The van der Waals surface area contributed by atoms with E-state index in [1.54, 1.807) is 11.0 Å². The Labute approximate surface area is 286 Å². The summed E-state index contributed by atoms with van der Waals surface area (Å²) in [7, 11) is 0. The number of hydrogen-bond donors (Lipinski definition) is 2. The highest BCUT2D eigenvalue weighted by atomic mass is 16.5. The standard InChI is InChI=1S/C38H59N3O7/c1-10-12-14-26(42)31(44)24(13-11-2)19-27(43)30-28-25(38(28,8)9)20-41(30)34(45)33(37(5,6)7)40-36(47)39-29(21(3)4)35(46)48-32(22-15-16-22)23-17-18-23/h10,21-25,28-30,32-33H,1,11-20H2,2-9H3,(H2,39,40,47)/t24?,25-,28-,29-,30+,33+/m0/s1. The quantitative estimate of drug-likeness (QED) is 0.113. The maximum absolute atomic E-state index is 14.4. The third-order valence-electron chi connectivity index (χ3n) is 11.1. The second-order valence-electron chi connectivity index (χ2n) is 16.9. The molecule has 48 heavy (non-hydrogen) atoms. The molecule has 268 valence electrons. The van der Waals surface area contributed by atoms with Crippen LogP contribution in [0.2, 0.25) is 0 Å². The van der Waals surface area contributed by atoms with Crippen molar-refractivity contribution in [1.82, 2.24) is 15.5 Å². The SMILES string of the molecule is C=CCCC(=O)C(=O)C(CCC)CC(=O)[C@@H]1[C@@H]2[C@H](CN1C(=O)[C@@H](NC(=O)N[C@H](C(=O)OC(C1CC1)C1CC1)C(C)C)C(C)(C)C)C2(C)C. The van der Waals surface area contributed by atoms with E-state index in [1.165, 1.54) is 0 Å². The van der Waals surface area contributed by atoms with Gasteiger partial charge >= 0.3 is 12.0 Å². The molecule has 0 aromatic rings. The maximum Gasteiger partial charge on any atom is 0.329 e. The summed E-state index contributed by atoms with van der Waals surface area (Å²) in [6.07, 6.45) is 7.17. The number of fused-ring (bicyclic) bond motifs is 1. The summed E-state index contributed by atoms with van der Waals surface area (Å²) in [5, 5.41) is 5.65. The van der Waals surface area contributed by atoms with Gasteiger partial charge in [0.1, 0.15) is 18.2 Å². The molecular formula is C38H59N3O7. The van der Waals surface area contributed by atoms with Gasteiger partial charge in [-0.3, -0.25) is 19.2 Å². The molecule has 4 fully saturated rings. The van der Waals surface area contributed by atoms with Gasteiger partial charge in [-0.1, -0.05) is 67.9 Å². The molecule has 1 saturated heterocycles. The summed E-state index contributed by atoms with van der Waals surface area (Å²) in [5.74, 6) is -2.15. The molecule has 0 radical (unpaired) electrons. The van der Waals surface area contributed by atoms with Crippen LogP contribution in [0.5, 0.6) is 0 Å². The number of hydrogen-bond acceptors (Lipinski definition) is 7. The predicted molar refractivity (Wildman–Crippen MR) is 183 cm³/mol. The largest absolute Gasteiger partial charge is 0.460 e. The zero-order chi connectivity index (χ0) is 35.7. The third-order valence-corrected chi connectivity index (χ3v) is 11.1. The van der Waals surface area contributed by atoms with Gasteiger partial charge in [0, 0.05) is 25.3 Å². The highest BCUT2D eigenvalue weighted by Gasteiger charge is 2.69. The van der Waals surface area contributed by atoms with E-state index in [0.29, 0.717) is 37.6 Å². The minimum Gasteiger partial charge on any atom is -0.460 e. The average Bonchev–Trinajstić information content (AvgIpc) is 3.95. The smallest absolute Gasteiger partial charge is 0.329 e. The molecule has 0 bridgehead atoms. The van der Waals surface area contributed by atoms with Gasteiger partial charge in [-0.2, -0.15) is 0 Å². The predicted octanol–water partition coefficient (Wildman–Crippen LogP) is 5.42. The van der Waals surface area contributed by atoms with Crippen molar-refractivity contribution in [3.63, 3.8) is 0 Å². The zero-order valence-electron chi connectivity index (χ0n) is 30.4. The summed E-state index contributed by atoms with van der Waals surface area (Å²) >= 11 is 0. The molecule has 6 atom stereocenters. The molecule has 3 saturated carbocycles. The molecule has 0 spiro atoms. The van der Waals surface area contributed by atoms with Crippen LogP contribution in [0.4, 0.5) is 4.79 Å². The van der Waals surface area contributed by atoms with Crippen LogP contribution in [0.25, 0.3) is 0 Å². The monoisotopic (exact) mass is 669 g/mol. The fourth-order valence-electron chi connectivity index (χ4n) is 7.77. The Bertz CT molecular complexity index is 1260. The number of carbonyl (C=O) groups is 6. The third kappa shape index (κ3) is 8.57. The van der Waals surface area contributed by atoms with Gasteiger partial charge in [0.2, 0.25) is 11.7 Å². The zero-order valence-corrected chi connectivity index (χ0v) is 30.4. The molecule has 1 unspecified atom stereocenters. The molecule has 4 aliphatic rings. The number of nitrogens with zero attached hydrogens (tertiary/aromatic N) is 1. The molecule has 3 aliphatic carbocycles. The Hall–Kier alpha value is -3.04. The number of Topliss-reactive ketones (excluding diaryl/α,β-unsaturated/α-hetero) is 3. The molecule has 2 N–H and O–H groups in total. The molecule has 4 rings (SSSR count). The minimum absolute atomic E-state index is 0.0665. The van der Waals surface area contributed by atoms with Crippen LogP contribution in [0.3, 0.4) is 0 Å². The lowest BCUT2D eigenvalue weighted by molar-refractivity contribution is -0.155. The Morgan fingerprint density at radius 3 is 2.10 bits per heavy atom. The van der Waals surface area contributed by atoms with E-state index in [2.05, 4.69) is 31.1 Å². The average molecular weight is 670 g/mol. The van der Waals surface area contributed by atoms with Gasteiger partial charge in [-0.25, -0.2) is 9.59 Å². The Balaban J connectivity index is 1.48. The lowest BCUT2D eigenvalue weighted by Crippen LogP contribution is -2.61. The second-order valence-corrected chi connectivity index (χ2v) is 16.9. The van der Waals surface area contributed by atoms with Crippen molar-refractivity contribution >= 4 is 35.3 Å². The summed E-state index contributed by atoms with van der Waals surface area (Å²) < 4.78 is 5.96. The minimum atomic E-state index is -0.989. The molecule has 10 heteroatoms. The van der Waals surface area contributed by atoms with Crippen LogP contribution in [0.15, 0.2) is 12.7 Å². The Morgan fingerprint density at radius 2 is 1.60 bits per heavy atom. The van der Waals surface area contributed by atoms with E-state index in [4.69, 9.17) is 4.74 Å².